The molecule has 2 aliphatic rings. The smallest absolute Gasteiger partial charge is 0.243 e. The van der Waals surface area contributed by atoms with Gasteiger partial charge in [-0.05, 0) is 89.9 Å². The van der Waals surface area contributed by atoms with Gasteiger partial charge in [0.1, 0.15) is 5.75 Å². The third kappa shape index (κ3) is 5.86. The Kier molecular flexibility index (Phi) is 8.56. The first-order valence-electron chi connectivity index (χ1n) is 12.8. The summed E-state index contributed by atoms with van der Waals surface area (Å²) in [6.45, 7) is 9.69. The highest BCUT2D eigenvalue weighted by atomic mass is 32.2. The number of piperidine rings is 1. The van der Waals surface area contributed by atoms with Crippen molar-refractivity contribution < 1.29 is 18.3 Å². The van der Waals surface area contributed by atoms with Gasteiger partial charge in [-0.1, -0.05) is 17.8 Å². The Hall–Kier alpha value is -1.78. The Morgan fingerprint density at radius 1 is 1.08 bits per heavy atom. The molecule has 1 atom stereocenters. The van der Waals surface area contributed by atoms with Crippen LogP contribution >= 0.6 is 11.8 Å². The number of hydrogen-bond donors (Lipinski definition) is 1. The zero-order valence-corrected chi connectivity index (χ0v) is 23.6. The molecule has 0 radical (unpaired) electrons. The fourth-order valence-corrected chi connectivity index (χ4v) is 7.46. The number of hydrogen-bond acceptors (Lipinski definition) is 7. The first kappa shape index (κ1) is 27.3. The highest BCUT2D eigenvalue weighted by Crippen LogP contribution is 2.51. The Morgan fingerprint density at radius 2 is 1.81 bits per heavy atom. The van der Waals surface area contributed by atoms with Crippen molar-refractivity contribution >= 4 is 33.2 Å². The zero-order chi connectivity index (χ0) is 26.0. The van der Waals surface area contributed by atoms with E-state index < -0.39 is 10.0 Å². The molecule has 1 unspecified atom stereocenters. The van der Waals surface area contributed by atoms with Crippen molar-refractivity contribution in [2.45, 2.75) is 66.9 Å². The number of ether oxygens (including phenoxy) is 1. The third-order valence-electron chi connectivity index (χ3n) is 6.98. The van der Waals surface area contributed by atoms with E-state index in [1.807, 2.05) is 45.0 Å². The van der Waals surface area contributed by atoms with Crippen molar-refractivity contribution in [2.75, 3.05) is 45.2 Å². The first-order valence-corrected chi connectivity index (χ1v) is 15.1. The van der Waals surface area contributed by atoms with Gasteiger partial charge < -0.3 is 19.6 Å². The molecule has 2 aliphatic heterocycles. The Bertz CT molecular complexity index is 1160. The summed E-state index contributed by atoms with van der Waals surface area (Å²) in [7, 11) is -0.439. The molecular weight excluding hydrogens is 494 g/mol. The molecule has 1 N–H and O–H groups in total. The summed E-state index contributed by atoms with van der Waals surface area (Å²) in [6, 6.07) is 11.6. The predicted octanol–water partition coefficient (Wildman–Crippen LogP) is 4.81. The van der Waals surface area contributed by atoms with Crippen LogP contribution in [0.5, 0.6) is 5.75 Å². The number of nitrogens with zero attached hydrogens (tertiary/aromatic N) is 3. The van der Waals surface area contributed by atoms with Crippen LogP contribution in [0.3, 0.4) is 0 Å². The average molecular weight is 534 g/mol. The zero-order valence-electron chi connectivity index (χ0n) is 22.0. The molecule has 0 aromatic heterocycles. The van der Waals surface area contributed by atoms with E-state index in [4.69, 9.17) is 4.74 Å². The Labute approximate surface area is 220 Å². The van der Waals surface area contributed by atoms with E-state index in [-0.39, 0.29) is 12.2 Å². The topological polar surface area (TPSA) is 73.3 Å². The highest BCUT2D eigenvalue weighted by molar-refractivity contribution is 8.00. The van der Waals surface area contributed by atoms with Crippen molar-refractivity contribution in [3.8, 4) is 5.75 Å². The summed E-state index contributed by atoms with van der Waals surface area (Å²) in [5.41, 5.74) is 1.97. The van der Waals surface area contributed by atoms with Crippen molar-refractivity contribution in [1.82, 2.24) is 9.21 Å². The van der Waals surface area contributed by atoms with Crippen LogP contribution in [0.4, 0.5) is 11.4 Å². The quantitative estimate of drug-likeness (QED) is 0.496. The average Bonchev–Trinajstić information content (AvgIpc) is 2.83. The van der Waals surface area contributed by atoms with Crippen LogP contribution in [0.15, 0.2) is 51.1 Å². The lowest BCUT2D eigenvalue weighted by Crippen LogP contribution is -2.38. The summed E-state index contributed by atoms with van der Waals surface area (Å²) in [5.74, 6) is 1.21. The monoisotopic (exact) mass is 533 g/mol. The second-order valence-electron chi connectivity index (χ2n) is 10.2. The minimum absolute atomic E-state index is 0.0708. The first-order chi connectivity index (χ1) is 17.1. The molecule has 0 aliphatic carbocycles. The number of anilines is 2. The summed E-state index contributed by atoms with van der Waals surface area (Å²) in [4.78, 5) is 6.87. The van der Waals surface area contributed by atoms with Crippen LogP contribution in [0.1, 0.15) is 40.0 Å². The van der Waals surface area contributed by atoms with Crippen molar-refractivity contribution in [3.05, 3.63) is 36.4 Å². The lowest BCUT2D eigenvalue weighted by Gasteiger charge is -2.36. The molecule has 0 saturated carbocycles. The molecule has 198 valence electrons. The number of aliphatic hydroxyl groups excluding tert-OH is 1. The van der Waals surface area contributed by atoms with Crippen LogP contribution in [0.2, 0.25) is 0 Å². The van der Waals surface area contributed by atoms with Gasteiger partial charge in [-0.25, -0.2) is 12.7 Å². The van der Waals surface area contributed by atoms with Gasteiger partial charge in [0.25, 0.3) is 0 Å². The SMILES string of the molecule is CC(C)Oc1ccc2c(c1)N(CCCN1CCC(C(C)O)CC1)c1cccc(S(=O)(=O)N(C)C)c1S2. The highest BCUT2D eigenvalue weighted by Gasteiger charge is 2.31. The van der Waals surface area contributed by atoms with Gasteiger partial charge in [0.2, 0.25) is 10.0 Å². The maximum Gasteiger partial charge on any atom is 0.243 e. The predicted molar refractivity (Wildman–Crippen MR) is 146 cm³/mol. The fourth-order valence-electron chi connectivity index (χ4n) is 4.95. The summed E-state index contributed by atoms with van der Waals surface area (Å²) in [5, 5.41) is 9.90. The molecule has 1 saturated heterocycles. The van der Waals surface area contributed by atoms with E-state index in [0.29, 0.717) is 10.8 Å². The number of aliphatic hydroxyl groups is 1. The van der Waals surface area contributed by atoms with Crippen molar-refractivity contribution in [2.24, 2.45) is 5.92 Å². The van der Waals surface area contributed by atoms with Gasteiger partial charge in [0.05, 0.1) is 33.4 Å². The number of likely N-dealkylation sites (tertiary alicyclic amines) is 1. The fraction of sp³-hybridized carbons (Fsp3) is 0.556. The van der Waals surface area contributed by atoms with Gasteiger partial charge in [0.15, 0.2) is 0 Å². The molecule has 0 amide bonds. The van der Waals surface area contributed by atoms with Crippen LogP contribution in [0, 0.1) is 5.92 Å². The summed E-state index contributed by atoms with van der Waals surface area (Å²) < 4.78 is 33.6. The van der Waals surface area contributed by atoms with Crippen LogP contribution < -0.4 is 9.64 Å². The molecule has 0 spiro atoms. The van der Waals surface area contributed by atoms with Crippen molar-refractivity contribution in [3.63, 3.8) is 0 Å². The Balaban J connectivity index is 1.61. The lowest BCUT2D eigenvalue weighted by atomic mass is 9.92. The maximum absolute atomic E-state index is 13.1. The molecular formula is C27H39N3O4S2. The van der Waals surface area contributed by atoms with E-state index in [1.54, 1.807) is 20.2 Å². The molecule has 36 heavy (non-hydrogen) atoms. The molecule has 2 aromatic rings. The second kappa shape index (κ2) is 11.3. The Morgan fingerprint density at radius 3 is 2.44 bits per heavy atom. The van der Waals surface area contributed by atoms with Crippen molar-refractivity contribution in [1.29, 1.82) is 0 Å². The number of benzene rings is 2. The van der Waals surface area contributed by atoms with E-state index in [9.17, 15) is 13.5 Å². The number of rotatable bonds is 9. The van der Waals surface area contributed by atoms with Crippen LogP contribution in [-0.4, -0.2) is 75.2 Å². The molecule has 7 nitrogen and oxygen atoms in total. The maximum atomic E-state index is 13.1. The van der Waals surface area contributed by atoms with Gasteiger partial charge in [-0.2, -0.15) is 0 Å². The number of fused-ring (bicyclic) bond motifs is 2. The standard InChI is InChI=1S/C27H39N3O4S2/c1-19(2)34-22-10-11-25-24(18-22)30(15-7-14-29-16-12-21(13-17-29)20(3)31)23-8-6-9-26(27(23)35-25)36(32,33)28(4)5/h6,8-11,18-21,31H,7,12-17H2,1-5H3. The second-order valence-corrected chi connectivity index (χ2v) is 13.4. The molecule has 2 aromatic carbocycles. The molecule has 0 bridgehead atoms. The van der Waals surface area contributed by atoms with E-state index >= 15 is 0 Å². The van der Waals surface area contributed by atoms with E-state index in [1.165, 1.54) is 16.1 Å². The lowest BCUT2D eigenvalue weighted by molar-refractivity contribution is 0.0717. The van der Waals surface area contributed by atoms with Gasteiger partial charge in [-0.15, -0.1) is 0 Å². The molecule has 4 rings (SSSR count). The minimum Gasteiger partial charge on any atom is -0.491 e. The molecule has 9 heteroatoms. The summed E-state index contributed by atoms with van der Waals surface area (Å²) in [6.07, 6.45) is 2.85. The molecule has 1 fully saturated rings. The number of sulfonamides is 1. The van der Waals surface area contributed by atoms with E-state index in [2.05, 4.69) is 15.9 Å². The van der Waals surface area contributed by atoms with Crippen LogP contribution in [-0.2, 0) is 10.0 Å². The van der Waals surface area contributed by atoms with E-state index in [0.717, 1.165) is 72.4 Å². The summed E-state index contributed by atoms with van der Waals surface area (Å²) >= 11 is 1.51. The van der Waals surface area contributed by atoms with Gasteiger partial charge in [0, 0.05) is 31.6 Å². The van der Waals surface area contributed by atoms with Gasteiger partial charge in [-0.3, -0.25) is 0 Å². The van der Waals surface area contributed by atoms with Gasteiger partial charge >= 0.3 is 0 Å². The largest absolute Gasteiger partial charge is 0.491 e. The third-order valence-corrected chi connectivity index (χ3v) is 10.2. The molecule has 2 heterocycles. The van der Waals surface area contributed by atoms with Crippen LogP contribution in [0.25, 0.3) is 0 Å². The normalized spacial score (nSPS) is 17.8. The minimum atomic E-state index is -3.59.